The van der Waals surface area contributed by atoms with Gasteiger partial charge in [0.1, 0.15) is 6.04 Å². The third-order valence-electron chi connectivity index (χ3n) is 5.37. The van der Waals surface area contributed by atoms with Crippen LogP contribution in [-0.4, -0.2) is 56.1 Å². The first-order chi connectivity index (χ1) is 14.8. The highest BCUT2D eigenvalue weighted by molar-refractivity contribution is 7.89. The second-order valence-electron chi connectivity index (χ2n) is 7.66. The number of aromatic amines is 1. The summed E-state index contributed by atoms with van der Waals surface area (Å²) in [6.07, 6.45) is 1.95. The van der Waals surface area contributed by atoms with Crippen LogP contribution in [0.1, 0.15) is 12.5 Å². The zero-order valence-corrected chi connectivity index (χ0v) is 18.6. The van der Waals surface area contributed by atoms with E-state index in [4.69, 9.17) is 16.3 Å². The highest BCUT2D eigenvalue weighted by Crippen LogP contribution is 2.21. The molecule has 0 spiro atoms. The Kier molecular flexibility index (Phi) is 6.34. The maximum Gasteiger partial charge on any atom is 0.241 e. The molecule has 2 N–H and O–H groups in total. The molecule has 0 aliphatic carbocycles. The highest BCUT2D eigenvalue weighted by atomic mass is 35.5. The van der Waals surface area contributed by atoms with Crippen molar-refractivity contribution in [3.05, 3.63) is 65.3 Å². The Morgan fingerprint density at radius 2 is 2.00 bits per heavy atom. The maximum atomic E-state index is 13.4. The Balaban J connectivity index is 1.64. The van der Waals surface area contributed by atoms with E-state index in [-0.39, 0.29) is 23.3 Å². The van der Waals surface area contributed by atoms with Crippen molar-refractivity contribution in [1.82, 2.24) is 14.6 Å². The van der Waals surface area contributed by atoms with Gasteiger partial charge < -0.3 is 14.6 Å². The maximum absolute atomic E-state index is 13.4. The number of rotatable bonds is 6. The number of carbonyl (C=O) groups excluding carboxylic acids is 1. The molecule has 164 valence electrons. The number of halogens is 1. The van der Waals surface area contributed by atoms with Crippen molar-refractivity contribution in [1.29, 1.82) is 0 Å². The molecule has 3 aromatic rings. The standard InChI is InChI=1S/C22H24ClN3O4S/c1-15-14-26(10-11-30-15)22(27)21(12-16-13-24-20-5-3-2-4-19(16)20)25-31(28,29)18-8-6-17(23)7-9-18/h2-9,13,15,21,24-25H,10-12,14H2,1H3/t15-,21-/m1/s1. The van der Waals surface area contributed by atoms with E-state index in [0.29, 0.717) is 24.7 Å². The molecule has 1 aliphatic rings. The Labute approximate surface area is 186 Å². The molecule has 1 fully saturated rings. The number of hydrogen-bond acceptors (Lipinski definition) is 4. The number of nitrogens with zero attached hydrogens (tertiary/aromatic N) is 1. The zero-order valence-electron chi connectivity index (χ0n) is 17.0. The lowest BCUT2D eigenvalue weighted by Crippen LogP contribution is -2.54. The number of morpholine rings is 1. The number of sulfonamides is 1. The predicted octanol–water partition coefficient (Wildman–Crippen LogP) is 2.96. The Bertz CT molecular complexity index is 1180. The van der Waals surface area contributed by atoms with E-state index in [9.17, 15) is 13.2 Å². The van der Waals surface area contributed by atoms with Gasteiger partial charge in [0, 0.05) is 35.2 Å². The van der Waals surface area contributed by atoms with E-state index in [1.54, 1.807) is 4.90 Å². The Morgan fingerprint density at radius 1 is 1.26 bits per heavy atom. The number of H-pyrrole nitrogens is 1. The quantitative estimate of drug-likeness (QED) is 0.590. The van der Waals surface area contributed by atoms with Gasteiger partial charge >= 0.3 is 0 Å². The third kappa shape index (κ3) is 4.93. The van der Waals surface area contributed by atoms with Crippen LogP contribution in [0.5, 0.6) is 0 Å². The lowest BCUT2D eigenvalue weighted by atomic mass is 10.0. The molecule has 2 heterocycles. The van der Waals surface area contributed by atoms with E-state index in [1.807, 2.05) is 37.4 Å². The minimum Gasteiger partial charge on any atom is -0.375 e. The van der Waals surface area contributed by atoms with Crippen molar-refractivity contribution in [2.75, 3.05) is 19.7 Å². The van der Waals surface area contributed by atoms with Gasteiger partial charge in [-0.15, -0.1) is 0 Å². The Morgan fingerprint density at radius 3 is 2.74 bits per heavy atom. The van der Waals surface area contributed by atoms with E-state index in [0.717, 1.165) is 16.5 Å². The van der Waals surface area contributed by atoms with E-state index >= 15 is 0 Å². The van der Waals surface area contributed by atoms with Gasteiger partial charge in [-0.25, -0.2) is 8.42 Å². The van der Waals surface area contributed by atoms with Crippen LogP contribution in [-0.2, 0) is 26.0 Å². The molecular weight excluding hydrogens is 438 g/mol. The van der Waals surface area contributed by atoms with E-state index in [1.165, 1.54) is 24.3 Å². The largest absolute Gasteiger partial charge is 0.375 e. The summed E-state index contributed by atoms with van der Waals surface area (Å²) in [7, 11) is -3.93. The van der Waals surface area contributed by atoms with Crippen molar-refractivity contribution >= 4 is 38.4 Å². The SMILES string of the molecule is C[C@@H]1CN(C(=O)[C@@H](Cc2c[nH]c3ccccc23)NS(=O)(=O)c2ccc(Cl)cc2)CCO1. The highest BCUT2D eigenvalue weighted by Gasteiger charge is 2.32. The van der Waals surface area contributed by atoms with Gasteiger partial charge in [-0.2, -0.15) is 4.72 Å². The van der Waals surface area contributed by atoms with Gasteiger partial charge in [-0.05, 0) is 49.2 Å². The molecule has 1 aromatic heterocycles. The second kappa shape index (κ2) is 9.00. The van der Waals surface area contributed by atoms with Crippen LogP contribution in [0.15, 0.2) is 59.6 Å². The molecule has 4 rings (SSSR count). The van der Waals surface area contributed by atoms with Gasteiger partial charge in [0.05, 0.1) is 17.6 Å². The molecule has 1 saturated heterocycles. The molecule has 9 heteroatoms. The first-order valence-electron chi connectivity index (χ1n) is 10.1. The first-order valence-corrected chi connectivity index (χ1v) is 11.9. The van der Waals surface area contributed by atoms with Gasteiger partial charge in [0.2, 0.25) is 15.9 Å². The van der Waals surface area contributed by atoms with Crippen LogP contribution in [0.3, 0.4) is 0 Å². The summed E-state index contributed by atoms with van der Waals surface area (Å²) in [5.41, 5.74) is 1.80. The third-order valence-corrected chi connectivity index (χ3v) is 7.11. The van der Waals surface area contributed by atoms with Gasteiger partial charge in [-0.1, -0.05) is 29.8 Å². The molecule has 0 bridgehead atoms. The molecule has 1 amide bonds. The fourth-order valence-electron chi connectivity index (χ4n) is 3.81. The van der Waals surface area contributed by atoms with Crippen LogP contribution in [0.2, 0.25) is 5.02 Å². The number of amides is 1. The molecule has 0 radical (unpaired) electrons. The number of para-hydroxylation sites is 1. The summed E-state index contributed by atoms with van der Waals surface area (Å²) in [6, 6.07) is 12.6. The lowest BCUT2D eigenvalue weighted by Gasteiger charge is -2.33. The molecule has 0 saturated carbocycles. The number of carbonyl (C=O) groups is 1. The second-order valence-corrected chi connectivity index (χ2v) is 9.81. The molecule has 1 aliphatic heterocycles. The number of ether oxygens (including phenoxy) is 1. The van der Waals surface area contributed by atoms with Crippen molar-refractivity contribution in [2.45, 2.75) is 30.4 Å². The molecule has 0 unspecified atom stereocenters. The topological polar surface area (TPSA) is 91.5 Å². The minimum absolute atomic E-state index is 0.0592. The summed E-state index contributed by atoms with van der Waals surface area (Å²) < 4.78 is 34.2. The van der Waals surface area contributed by atoms with Crippen LogP contribution in [0.4, 0.5) is 0 Å². The van der Waals surface area contributed by atoms with Crippen LogP contribution >= 0.6 is 11.6 Å². The molecule has 2 atom stereocenters. The number of nitrogens with one attached hydrogen (secondary N) is 2. The predicted molar refractivity (Wildman–Crippen MR) is 120 cm³/mol. The van der Waals surface area contributed by atoms with Crippen molar-refractivity contribution in [3.63, 3.8) is 0 Å². The normalized spacial score (nSPS) is 18.3. The average Bonchev–Trinajstić information content (AvgIpc) is 3.16. The smallest absolute Gasteiger partial charge is 0.241 e. The van der Waals surface area contributed by atoms with Crippen LogP contribution in [0, 0.1) is 0 Å². The summed E-state index contributed by atoms with van der Waals surface area (Å²) in [6.45, 7) is 3.17. The zero-order chi connectivity index (χ0) is 22.0. The number of aromatic nitrogens is 1. The summed E-state index contributed by atoms with van der Waals surface area (Å²) in [5, 5.41) is 1.40. The van der Waals surface area contributed by atoms with Crippen molar-refractivity contribution in [2.24, 2.45) is 0 Å². The summed E-state index contributed by atoms with van der Waals surface area (Å²) in [5.74, 6) is -0.266. The molecular formula is C22H24ClN3O4S. The summed E-state index contributed by atoms with van der Waals surface area (Å²) in [4.78, 5) is 18.3. The van der Waals surface area contributed by atoms with Crippen molar-refractivity contribution in [3.8, 4) is 0 Å². The number of fused-ring (bicyclic) bond motifs is 1. The number of hydrogen-bond donors (Lipinski definition) is 2. The monoisotopic (exact) mass is 461 g/mol. The number of benzene rings is 2. The van der Waals surface area contributed by atoms with E-state index < -0.39 is 16.1 Å². The van der Waals surface area contributed by atoms with Gasteiger partial charge in [0.15, 0.2) is 0 Å². The molecule has 31 heavy (non-hydrogen) atoms. The fourth-order valence-corrected chi connectivity index (χ4v) is 5.12. The summed E-state index contributed by atoms with van der Waals surface area (Å²) >= 11 is 5.89. The van der Waals surface area contributed by atoms with Gasteiger partial charge in [-0.3, -0.25) is 4.79 Å². The van der Waals surface area contributed by atoms with E-state index in [2.05, 4.69) is 9.71 Å². The van der Waals surface area contributed by atoms with Crippen molar-refractivity contribution < 1.29 is 17.9 Å². The Hall–Kier alpha value is -2.39. The van der Waals surface area contributed by atoms with Crippen LogP contribution in [0.25, 0.3) is 10.9 Å². The van der Waals surface area contributed by atoms with Crippen LogP contribution < -0.4 is 4.72 Å². The average molecular weight is 462 g/mol. The molecule has 2 aromatic carbocycles. The lowest BCUT2D eigenvalue weighted by molar-refractivity contribution is -0.139. The molecule has 7 nitrogen and oxygen atoms in total. The minimum atomic E-state index is -3.93. The van der Waals surface area contributed by atoms with Gasteiger partial charge in [0.25, 0.3) is 0 Å². The first kappa shape index (κ1) is 21.8. The fraction of sp³-hybridized carbons (Fsp3) is 0.318.